The molecular formula is C16H15F6NO5. The highest BCUT2D eigenvalue weighted by Crippen LogP contribution is 2.36. The highest BCUT2D eigenvalue weighted by Gasteiger charge is 2.37. The summed E-state index contributed by atoms with van der Waals surface area (Å²) in [5, 5.41) is 10.9. The normalized spacial score (nSPS) is 13.0. The number of carboxylic acids is 1. The summed E-state index contributed by atoms with van der Waals surface area (Å²) in [5.41, 5.74) is -3.84. The highest BCUT2D eigenvalue weighted by atomic mass is 19.4. The van der Waals surface area contributed by atoms with Crippen molar-refractivity contribution in [2.24, 2.45) is 0 Å². The van der Waals surface area contributed by atoms with Gasteiger partial charge in [-0.15, -0.1) is 0 Å². The summed E-state index contributed by atoms with van der Waals surface area (Å²) in [6.07, 6.45) is -11.9. The number of hydrogen-bond donors (Lipinski definition) is 2. The van der Waals surface area contributed by atoms with Crippen LogP contribution in [0.5, 0.6) is 0 Å². The summed E-state index contributed by atoms with van der Waals surface area (Å²) in [5.74, 6) is -3.75. The Morgan fingerprint density at radius 2 is 1.54 bits per heavy atom. The van der Waals surface area contributed by atoms with E-state index in [0.717, 1.165) is 0 Å². The van der Waals surface area contributed by atoms with E-state index in [0.29, 0.717) is 12.1 Å². The molecule has 0 saturated heterocycles. The van der Waals surface area contributed by atoms with E-state index in [1.807, 2.05) is 5.32 Å². The van der Waals surface area contributed by atoms with Crippen LogP contribution in [0.2, 0.25) is 0 Å². The monoisotopic (exact) mass is 415 g/mol. The lowest BCUT2D eigenvalue weighted by atomic mass is 10.0. The zero-order valence-electron chi connectivity index (χ0n) is 14.3. The van der Waals surface area contributed by atoms with Crippen molar-refractivity contribution in [1.82, 2.24) is 5.32 Å². The molecule has 0 saturated carbocycles. The number of amides is 1. The summed E-state index contributed by atoms with van der Waals surface area (Å²) >= 11 is 0. The van der Waals surface area contributed by atoms with Crippen LogP contribution in [-0.2, 0) is 37.9 Å². The van der Waals surface area contributed by atoms with Crippen LogP contribution in [0, 0.1) is 0 Å². The fourth-order valence-electron chi connectivity index (χ4n) is 2.14. The van der Waals surface area contributed by atoms with Crippen LogP contribution >= 0.6 is 0 Å². The topological polar surface area (TPSA) is 92.7 Å². The Bertz CT molecular complexity index is 712. The third-order valence-electron chi connectivity index (χ3n) is 3.32. The largest absolute Gasteiger partial charge is 0.480 e. The Kier molecular flexibility index (Phi) is 7.42. The molecule has 2 N–H and O–H groups in total. The Balaban J connectivity index is 3.03. The predicted octanol–water partition coefficient (Wildman–Crippen LogP) is 2.79. The number of carbonyl (C=O) groups is 3. The van der Waals surface area contributed by atoms with Crippen molar-refractivity contribution in [3.8, 4) is 0 Å². The molecule has 0 spiro atoms. The van der Waals surface area contributed by atoms with E-state index in [-0.39, 0.29) is 12.7 Å². The molecule has 0 aliphatic heterocycles. The number of esters is 1. The fraction of sp³-hybridized carbons (Fsp3) is 0.438. The molecule has 0 aliphatic carbocycles. The van der Waals surface area contributed by atoms with Gasteiger partial charge in [-0.05, 0) is 30.7 Å². The first kappa shape index (κ1) is 23.2. The maximum absolute atomic E-state index is 12.8. The summed E-state index contributed by atoms with van der Waals surface area (Å²) in [6, 6.07) is -1.13. The van der Waals surface area contributed by atoms with Gasteiger partial charge in [0.2, 0.25) is 5.91 Å². The van der Waals surface area contributed by atoms with Gasteiger partial charge in [0, 0.05) is 0 Å². The van der Waals surface area contributed by atoms with Crippen molar-refractivity contribution in [2.45, 2.75) is 38.2 Å². The molecule has 12 heteroatoms. The van der Waals surface area contributed by atoms with Gasteiger partial charge in [-0.3, -0.25) is 9.59 Å². The molecule has 156 valence electrons. The Labute approximate surface area is 154 Å². The first-order chi connectivity index (χ1) is 12.7. The summed E-state index contributed by atoms with van der Waals surface area (Å²) in [4.78, 5) is 34.3. The molecule has 1 aromatic rings. The van der Waals surface area contributed by atoms with Crippen molar-refractivity contribution < 1.29 is 50.6 Å². The van der Waals surface area contributed by atoms with Crippen LogP contribution in [0.25, 0.3) is 0 Å². The number of hydrogen-bond acceptors (Lipinski definition) is 4. The van der Waals surface area contributed by atoms with Crippen LogP contribution in [0.15, 0.2) is 18.2 Å². The van der Waals surface area contributed by atoms with Gasteiger partial charge in [0.15, 0.2) is 0 Å². The summed E-state index contributed by atoms with van der Waals surface area (Å²) in [7, 11) is 0. The fourth-order valence-corrected chi connectivity index (χ4v) is 2.14. The molecular weight excluding hydrogens is 400 g/mol. The molecule has 0 radical (unpaired) electrons. The van der Waals surface area contributed by atoms with Crippen molar-refractivity contribution in [1.29, 1.82) is 0 Å². The molecule has 0 fully saturated rings. The van der Waals surface area contributed by atoms with E-state index in [1.54, 1.807) is 0 Å². The first-order valence-electron chi connectivity index (χ1n) is 7.70. The molecule has 0 bridgehead atoms. The molecule has 1 aromatic carbocycles. The zero-order chi connectivity index (χ0) is 21.7. The van der Waals surface area contributed by atoms with Crippen molar-refractivity contribution in [3.63, 3.8) is 0 Å². The highest BCUT2D eigenvalue weighted by molar-refractivity contribution is 5.88. The van der Waals surface area contributed by atoms with Gasteiger partial charge in [-0.1, -0.05) is 0 Å². The van der Waals surface area contributed by atoms with Gasteiger partial charge < -0.3 is 15.2 Å². The Morgan fingerprint density at radius 1 is 1.04 bits per heavy atom. The van der Waals surface area contributed by atoms with Crippen molar-refractivity contribution in [3.05, 3.63) is 34.9 Å². The van der Waals surface area contributed by atoms with E-state index in [1.165, 1.54) is 6.92 Å². The minimum absolute atomic E-state index is 0.0520. The Morgan fingerprint density at radius 3 is 1.93 bits per heavy atom. The predicted molar refractivity (Wildman–Crippen MR) is 81.0 cm³/mol. The third-order valence-corrected chi connectivity index (χ3v) is 3.32. The molecule has 0 aliphatic rings. The smallest absolute Gasteiger partial charge is 0.416 e. The minimum atomic E-state index is -5.08. The van der Waals surface area contributed by atoms with Gasteiger partial charge in [-0.25, -0.2) is 4.79 Å². The number of ether oxygens (including phenoxy) is 1. The number of carboxylic acid groups (broad SMARTS) is 1. The lowest BCUT2D eigenvalue weighted by Gasteiger charge is -2.16. The number of alkyl halides is 6. The number of aliphatic carboxylic acids is 1. The summed E-state index contributed by atoms with van der Waals surface area (Å²) in [6.45, 7) is 1.40. The first-order valence-corrected chi connectivity index (χ1v) is 7.70. The van der Waals surface area contributed by atoms with Crippen LogP contribution < -0.4 is 5.32 Å². The standard InChI is InChI=1S/C16H15F6NO5/c1-2-28-13(25)7-11(14(26)27)23-12(24)5-8-3-9(15(17,18)19)6-10(4-8)16(20,21)22/h3-4,6,11H,2,5,7H2,1H3,(H,23,24)(H,26,27)/t11-/m0/s1. The number of benzene rings is 1. The van der Waals surface area contributed by atoms with E-state index in [2.05, 4.69) is 4.74 Å². The average Bonchev–Trinajstić information content (AvgIpc) is 2.52. The van der Waals surface area contributed by atoms with Gasteiger partial charge in [0.25, 0.3) is 0 Å². The molecule has 6 nitrogen and oxygen atoms in total. The lowest BCUT2D eigenvalue weighted by Crippen LogP contribution is -2.43. The average molecular weight is 415 g/mol. The quantitative estimate of drug-likeness (QED) is 0.528. The lowest BCUT2D eigenvalue weighted by molar-refractivity contribution is -0.150. The number of nitrogens with one attached hydrogen (secondary N) is 1. The molecule has 1 atom stereocenters. The van der Waals surface area contributed by atoms with E-state index in [4.69, 9.17) is 5.11 Å². The van der Waals surface area contributed by atoms with Gasteiger partial charge in [-0.2, -0.15) is 26.3 Å². The Hall–Kier alpha value is -2.79. The van der Waals surface area contributed by atoms with Crippen LogP contribution in [0.3, 0.4) is 0 Å². The molecule has 1 amide bonds. The molecule has 0 unspecified atom stereocenters. The van der Waals surface area contributed by atoms with E-state index < -0.39 is 65.8 Å². The molecule has 28 heavy (non-hydrogen) atoms. The van der Waals surface area contributed by atoms with E-state index in [9.17, 15) is 40.7 Å². The zero-order valence-corrected chi connectivity index (χ0v) is 14.3. The van der Waals surface area contributed by atoms with Crippen molar-refractivity contribution >= 4 is 17.8 Å². The SMILES string of the molecule is CCOC(=O)C[C@H](NC(=O)Cc1cc(C(F)(F)F)cc(C(F)(F)F)c1)C(=O)O. The number of halogens is 6. The van der Waals surface area contributed by atoms with Gasteiger partial charge in [0.1, 0.15) is 6.04 Å². The van der Waals surface area contributed by atoms with E-state index >= 15 is 0 Å². The van der Waals surface area contributed by atoms with Crippen LogP contribution in [0.1, 0.15) is 30.0 Å². The second-order valence-electron chi connectivity index (χ2n) is 5.56. The van der Waals surface area contributed by atoms with Gasteiger partial charge >= 0.3 is 24.3 Å². The number of carbonyl (C=O) groups excluding carboxylic acids is 2. The van der Waals surface area contributed by atoms with Crippen LogP contribution in [-0.4, -0.2) is 35.6 Å². The van der Waals surface area contributed by atoms with Crippen molar-refractivity contribution in [2.75, 3.05) is 6.61 Å². The second kappa shape index (κ2) is 8.93. The van der Waals surface area contributed by atoms with Crippen LogP contribution in [0.4, 0.5) is 26.3 Å². The maximum atomic E-state index is 12.8. The molecule has 0 heterocycles. The second-order valence-corrected chi connectivity index (χ2v) is 5.56. The minimum Gasteiger partial charge on any atom is -0.480 e. The number of rotatable bonds is 7. The maximum Gasteiger partial charge on any atom is 0.416 e. The molecule has 1 rings (SSSR count). The summed E-state index contributed by atoms with van der Waals surface area (Å²) < 4.78 is 81.4. The van der Waals surface area contributed by atoms with Gasteiger partial charge in [0.05, 0.1) is 30.6 Å². The third kappa shape index (κ3) is 7.08. The molecule has 0 aromatic heterocycles.